The summed E-state index contributed by atoms with van der Waals surface area (Å²) < 4.78 is 5.63. The predicted octanol–water partition coefficient (Wildman–Crippen LogP) is 5.40. The monoisotopic (exact) mass is 597 g/mol. The summed E-state index contributed by atoms with van der Waals surface area (Å²) in [5, 5.41) is 22.2. The molecule has 9 heteroatoms. The van der Waals surface area contributed by atoms with Crippen LogP contribution in [0.4, 0.5) is 10.5 Å². The summed E-state index contributed by atoms with van der Waals surface area (Å²) in [6.45, 7) is 8.98. The van der Waals surface area contributed by atoms with Crippen LogP contribution in [0.1, 0.15) is 52.0 Å². The molecule has 3 heterocycles. The molecular formula is C35H43N5O4. The van der Waals surface area contributed by atoms with Crippen molar-refractivity contribution in [2.24, 2.45) is 17.8 Å². The van der Waals surface area contributed by atoms with Crippen LogP contribution in [0.25, 0.3) is 11.3 Å². The number of aromatic hydroxyl groups is 1. The van der Waals surface area contributed by atoms with Gasteiger partial charge in [-0.05, 0) is 82.1 Å². The van der Waals surface area contributed by atoms with Gasteiger partial charge in [-0.15, -0.1) is 0 Å². The van der Waals surface area contributed by atoms with Crippen molar-refractivity contribution in [1.29, 1.82) is 0 Å². The number of nitrogens with zero attached hydrogens (tertiary/aromatic N) is 4. The maximum absolute atomic E-state index is 13.8. The number of piperidine rings is 2. The zero-order valence-corrected chi connectivity index (χ0v) is 25.9. The Morgan fingerprint density at radius 1 is 1.00 bits per heavy atom. The zero-order chi connectivity index (χ0) is 30.9. The summed E-state index contributed by atoms with van der Waals surface area (Å²) >= 11 is 0. The van der Waals surface area contributed by atoms with Crippen LogP contribution in [-0.2, 0) is 14.9 Å². The van der Waals surface area contributed by atoms with Crippen LogP contribution in [0, 0.1) is 17.8 Å². The summed E-state index contributed by atoms with van der Waals surface area (Å²) in [6, 6.07) is 19.7. The third-order valence-electron chi connectivity index (χ3n) is 9.68. The van der Waals surface area contributed by atoms with Crippen LogP contribution in [-0.4, -0.2) is 70.5 Å². The number of hydrogen-bond donors (Lipinski definition) is 2. The number of nitrogens with one attached hydrogen (secondary N) is 1. The van der Waals surface area contributed by atoms with Crippen molar-refractivity contribution in [2.75, 3.05) is 37.6 Å². The summed E-state index contributed by atoms with van der Waals surface area (Å²) in [5.74, 6) is 0.545. The molecule has 232 valence electrons. The molecule has 2 amide bonds. The second-order valence-corrected chi connectivity index (χ2v) is 13.7. The number of rotatable bonds is 6. The number of carbonyl (C=O) groups excluding carboxylic acids is 2. The van der Waals surface area contributed by atoms with E-state index in [1.807, 2.05) is 45.0 Å². The molecule has 2 aliphatic heterocycles. The number of hydrogen-bond acceptors (Lipinski definition) is 7. The third kappa shape index (κ3) is 6.23. The number of phenols is 1. The SMILES string of the molecule is CC(C)(C)OC(=O)N1CC2CCC(C1)C2C(=O)NCC1(c2ccccc2)CCN(c2cnnc(-c3ccccc3O)c2)CC1. The number of anilines is 1. The number of carbonyl (C=O) groups is 2. The second-order valence-electron chi connectivity index (χ2n) is 13.7. The second kappa shape index (κ2) is 12.1. The van der Waals surface area contributed by atoms with Gasteiger partial charge >= 0.3 is 6.09 Å². The lowest BCUT2D eigenvalue weighted by atomic mass is 9.72. The average Bonchev–Trinajstić information content (AvgIpc) is 3.29. The minimum atomic E-state index is -0.535. The first kappa shape index (κ1) is 29.9. The number of benzene rings is 2. The molecule has 2 atom stereocenters. The molecule has 2 unspecified atom stereocenters. The average molecular weight is 598 g/mol. The Hall–Kier alpha value is -4.14. The van der Waals surface area contributed by atoms with Gasteiger partial charge in [0.2, 0.25) is 5.91 Å². The number of para-hydroxylation sites is 1. The molecule has 1 aromatic heterocycles. The quantitative estimate of drug-likeness (QED) is 0.392. The summed E-state index contributed by atoms with van der Waals surface area (Å²) in [5.41, 5.74) is 2.78. The molecule has 44 heavy (non-hydrogen) atoms. The largest absolute Gasteiger partial charge is 0.507 e. The van der Waals surface area contributed by atoms with E-state index in [2.05, 4.69) is 44.7 Å². The van der Waals surface area contributed by atoms with Gasteiger partial charge < -0.3 is 25.0 Å². The first-order chi connectivity index (χ1) is 21.1. The highest BCUT2D eigenvalue weighted by Crippen LogP contribution is 2.43. The molecular weight excluding hydrogens is 554 g/mol. The Kier molecular flexibility index (Phi) is 8.22. The van der Waals surface area contributed by atoms with E-state index in [1.165, 1.54) is 5.56 Å². The number of amides is 2. The van der Waals surface area contributed by atoms with Gasteiger partial charge in [-0.1, -0.05) is 42.5 Å². The maximum atomic E-state index is 13.8. The first-order valence-electron chi connectivity index (χ1n) is 15.8. The van der Waals surface area contributed by atoms with E-state index in [0.29, 0.717) is 30.9 Å². The summed E-state index contributed by atoms with van der Waals surface area (Å²) in [4.78, 5) is 30.6. The fourth-order valence-corrected chi connectivity index (χ4v) is 7.40. The van der Waals surface area contributed by atoms with E-state index in [9.17, 15) is 14.7 Å². The van der Waals surface area contributed by atoms with Crippen molar-refractivity contribution in [2.45, 2.75) is 57.5 Å². The molecule has 2 N–H and O–H groups in total. The van der Waals surface area contributed by atoms with Crippen LogP contribution in [0.5, 0.6) is 5.75 Å². The molecule has 2 aromatic carbocycles. The fraction of sp³-hybridized carbons (Fsp3) is 0.486. The van der Waals surface area contributed by atoms with E-state index in [0.717, 1.165) is 44.5 Å². The Balaban J connectivity index is 1.13. The third-order valence-corrected chi connectivity index (χ3v) is 9.68. The molecule has 3 aromatic rings. The Morgan fingerprint density at radius 2 is 1.66 bits per heavy atom. The smallest absolute Gasteiger partial charge is 0.410 e. The molecule has 3 aliphatic rings. The molecule has 1 saturated carbocycles. The molecule has 0 spiro atoms. The van der Waals surface area contributed by atoms with E-state index >= 15 is 0 Å². The molecule has 2 bridgehead atoms. The molecule has 3 fully saturated rings. The van der Waals surface area contributed by atoms with Gasteiger partial charge in [-0.2, -0.15) is 10.2 Å². The summed E-state index contributed by atoms with van der Waals surface area (Å²) in [7, 11) is 0. The molecule has 9 nitrogen and oxygen atoms in total. The molecule has 6 rings (SSSR count). The Morgan fingerprint density at radius 3 is 2.32 bits per heavy atom. The predicted molar refractivity (Wildman–Crippen MR) is 169 cm³/mol. The fourth-order valence-electron chi connectivity index (χ4n) is 7.40. The lowest BCUT2D eigenvalue weighted by molar-refractivity contribution is -0.129. The highest BCUT2D eigenvalue weighted by atomic mass is 16.6. The van der Waals surface area contributed by atoms with Crippen molar-refractivity contribution in [1.82, 2.24) is 20.4 Å². The van der Waals surface area contributed by atoms with Gasteiger partial charge in [0.1, 0.15) is 11.4 Å². The minimum Gasteiger partial charge on any atom is -0.507 e. The Bertz CT molecular complexity index is 1470. The van der Waals surface area contributed by atoms with Gasteiger partial charge in [0, 0.05) is 49.6 Å². The van der Waals surface area contributed by atoms with Crippen LogP contribution in [0.15, 0.2) is 66.9 Å². The zero-order valence-electron chi connectivity index (χ0n) is 25.9. The minimum absolute atomic E-state index is 0.0719. The van der Waals surface area contributed by atoms with E-state index in [1.54, 1.807) is 23.2 Å². The number of aromatic nitrogens is 2. The Labute approximate surface area is 259 Å². The van der Waals surface area contributed by atoms with Gasteiger partial charge in [0.15, 0.2) is 0 Å². The molecule has 2 saturated heterocycles. The number of phenolic OH excluding ortho intramolecular Hbond substituents is 1. The van der Waals surface area contributed by atoms with Crippen molar-refractivity contribution < 1.29 is 19.4 Å². The maximum Gasteiger partial charge on any atom is 0.410 e. The van der Waals surface area contributed by atoms with Crippen molar-refractivity contribution in [3.8, 4) is 17.0 Å². The van der Waals surface area contributed by atoms with Crippen LogP contribution < -0.4 is 10.2 Å². The topological polar surface area (TPSA) is 108 Å². The van der Waals surface area contributed by atoms with Crippen molar-refractivity contribution >= 4 is 17.7 Å². The van der Waals surface area contributed by atoms with Crippen LogP contribution in [0.2, 0.25) is 0 Å². The van der Waals surface area contributed by atoms with Gasteiger partial charge in [0.25, 0.3) is 0 Å². The van der Waals surface area contributed by atoms with Gasteiger partial charge in [0.05, 0.1) is 17.6 Å². The van der Waals surface area contributed by atoms with Crippen molar-refractivity contribution in [3.63, 3.8) is 0 Å². The van der Waals surface area contributed by atoms with Crippen LogP contribution >= 0.6 is 0 Å². The van der Waals surface area contributed by atoms with Gasteiger partial charge in [-0.3, -0.25) is 4.79 Å². The van der Waals surface area contributed by atoms with E-state index in [-0.39, 0.29) is 40.9 Å². The van der Waals surface area contributed by atoms with E-state index < -0.39 is 5.60 Å². The molecule has 0 radical (unpaired) electrons. The highest BCUT2D eigenvalue weighted by Gasteiger charge is 2.48. The van der Waals surface area contributed by atoms with Gasteiger partial charge in [-0.25, -0.2) is 4.79 Å². The standard InChI is InChI=1S/C35H43N5O4/c1-34(2,3)44-33(43)40-21-24-13-14-25(22-40)31(24)32(42)36-23-35(26-9-5-4-6-10-26)15-17-39(18-16-35)27-19-29(38-37-20-27)28-11-7-8-12-30(28)41/h4-12,19-20,24-25,31,41H,13-18,21-23H2,1-3H3,(H,36,42). The number of ether oxygens (including phenoxy) is 1. The summed E-state index contributed by atoms with van der Waals surface area (Å²) in [6.07, 6.45) is 5.17. The molecule has 1 aliphatic carbocycles. The number of likely N-dealkylation sites (tertiary alicyclic amines) is 1. The van der Waals surface area contributed by atoms with E-state index in [4.69, 9.17) is 4.74 Å². The normalized spacial score (nSPS) is 22.8. The highest BCUT2D eigenvalue weighted by molar-refractivity contribution is 5.80. The van der Waals surface area contributed by atoms with Crippen LogP contribution in [0.3, 0.4) is 0 Å². The lowest BCUT2D eigenvalue weighted by Gasteiger charge is -2.44. The lowest BCUT2D eigenvalue weighted by Crippen LogP contribution is -2.53. The first-order valence-corrected chi connectivity index (χ1v) is 15.8. The van der Waals surface area contributed by atoms with Crippen molar-refractivity contribution in [3.05, 3.63) is 72.4 Å². The number of fused-ring (bicyclic) bond motifs is 2.